The van der Waals surface area contributed by atoms with Crippen LogP contribution in [0.5, 0.6) is 0 Å². The fourth-order valence-electron chi connectivity index (χ4n) is 1.25. The molecule has 0 saturated heterocycles. The minimum absolute atomic E-state index is 0.183. The second-order valence-electron chi connectivity index (χ2n) is 3.13. The number of nitrogens with one attached hydrogen (secondary N) is 2. The van der Waals surface area contributed by atoms with Gasteiger partial charge in [0.15, 0.2) is 0 Å². The summed E-state index contributed by atoms with van der Waals surface area (Å²) in [5.41, 5.74) is 6.60. The first-order valence-corrected chi connectivity index (χ1v) is 4.95. The normalized spacial score (nSPS) is 10.0. The van der Waals surface area contributed by atoms with Gasteiger partial charge in [0.05, 0.1) is 5.69 Å². The molecule has 84 valence electrons. The number of urea groups is 1. The van der Waals surface area contributed by atoms with Gasteiger partial charge in [-0.25, -0.2) is 4.79 Å². The molecule has 6 heteroatoms. The Balaban J connectivity index is 2.41. The predicted molar refractivity (Wildman–Crippen MR) is 58.5 cm³/mol. The molecule has 0 fully saturated rings. The van der Waals surface area contributed by atoms with Crippen molar-refractivity contribution in [2.45, 2.75) is 19.9 Å². The molecule has 2 amide bonds. The molecule has 1 rings (SSSR count). The van der Waals surface area contributed by atoms with Crippen molar-refractivity contribution in [3.63, 3.8) is 0 Å². The molecule has 0 radical (unpaired) electrons. The van der Waals surface area contributed by atoms with Crippen LogP contribution in [0, 0.1) is 0 Å². The van der Waals surface area contributed by atoms with Crippen molar-refractivity contribution >= 4 is 11.8 Å². The van der Waals surface area contributed by atoms with Crippen molar-refractivity contribution in [2.75, 3.05) is 19.3 Å². The molecule has 0 atom stereocenters. The summed E-state index contributed by atoms with van der Waals surface area (Å²) in [6, 6.07) is 1.65. The van der Waals surface area contributed by atoms with Crippen LogP contribution in [0.4, 0.5) is 10.6 Å². The minimum atomic E-state index is -0.183. The highest BCUT2D eigenvalue weighted by atomic mass is 16.2. The Labute approximate surface area is 88.8 Å². The lowest BCUT2D eigenvalue weighted by atomic mass is 10.3. The van der Waals surface area contributed by atoms with Crippen molar-refractivity contribution in [1.29, 1.82) is 0 Å². The van der Waals surface area contributed by atoms with E-state index in [2.05, 4.69) is 15.7 Å². The molecule has 0 aliphatic heterocycles. The SMILES string of the molecule is CCn1nc(CCNC(=O)NC)cc1N. The number of aromatic nitrogens is 2. The summed E-state index contributed by atoms with van der Waals surface area (Å²) in [7, 11) is 1.58. The third-order valence-corrected chi connectivity index (χ3v) is 2.05. The van der Waals surface area contributed by atoms with Crippen LogP contribution < -0.4 is 16.4 Å². The zero-order chi connectivity index (χ0) is 11.3. The maximum absolute atomic E-state index is 10.9. The highest BCUT2D eigenvalue weighted by Gasteiger charge is 2.03. The molecular weight excluding hydrogens is 194 g/mol. The number of hydrogen-bond donors (Lipinski definition) is 3. The zero-order valence-electron chi connectivity index (χ0n) is 9.08. The number of nitrogens with zero attached hydrogens (tertiary/aromatic N) is 2. The fourth-order valence-corrected chi connectivity index (χ4v) is 1.25. The number of rotatable bonds is 4. The van der Waals surface area contributed by atoms with Crippen LogP contribution in [0.1, 0.15) is 12.6 Å². The smallest absolute Gasteiger partial charge is 0.314 e. The molecule has 0 aliphatic carbocycles. The molecule has 0 spiro atoms. The fraction of sp³-hybridized carbons (Fsp3) is 0.556. The van der Waals surface area contributed by atoms with Gasteiger partial charge in [0, 0.05) is 32.6 Å². The van der Waals surface area contributed by atoms with Gasteiger partial charge in [0.25, 0.3) is 0 Å². The van der Waals surface area contributed by atoms with Gasteiger partial charge < -0.3 is 16.4 Å². The second kappa shape index (κ2) is 5.23. The van der Waals surface area contributed by atoms with E-state index in [1.165, 1.54) is 0 Å². The summed E-state index contributed by atoms with van der Waals surface area (Å²) >= 11 is 0. The van der Waals surface area contributed by atoms with Gasteiger partial charge in [-0.3, -0.25) is 4.68 Å². The molecule has 1 aromatic heterocycles. The maximum atomic E-state index is 10.9. The monoisotopic (exact) mass is 211 g/mol. The van der Waals surface area contributed by atoms with Crippen LogP contribution in [-0.4, -0.2) is 29.4 Å². The van der Waals surface area contributed by atoms with Crippen molar-refractivity contribution in [3.8, 4) is 0 Å². The van der Waals surface area contributed by atoms with E-state index < -0.39 is 0 Å². The standard InChI is InChI=1S/C9H17N5O/c1-3-14-8(10)6-7(13-14)4-5-12-9(15)11-2/h6H,3-5,10H2,1-2H3,(H2,11,12,15). The Kier molecular flexibility index (Phi) is 3.96. The number of carbonyl (C=O) groups excluding carboxylic acids is 1. The van der Waals surface area contributed by atoms with E-state index in [4.69, 9.17) is 5.73 Å². The van der Waals surface area contributed by atoms with Crippen LogP contribution in [-0.2, 0) is 13.0 Å². The molecule has 1 aromatic rings. The van der Waals surface area contributed by atoms with Crippen LogP contribution in [0.25, 0.3) is 0 Å². The van der Waals surface area contributed by atoms with E-state index in [-0.39, 0.29) is 6.03 Å². The molecule has 15 heavy (non-hydrogen) atoms. The summed E-state index contributed by atoms with van der Waals surface area (Å²) in [4.78, 5) is 10.9. The molecule has 0 unspecified atom stereocenters. The number of anilines is 1. The number of nitrogens with two attached hydrogens (primary N) is 1. The van der Waals surface area contributed by atoms with Crippen molar-refractivity contribution in [3.05, 3.63) is 11.8 Å². The lowest BCUT2D eigenvalue weighted by Crippen LogP contribution is -2.34. The van der Waals surface area contributed by atoms with Gasteiger partial charge in [0.2, 0.25) is 0 Å². The molecule has 4 N–H and O–H groups in total. The highest BCUT2D eigenvalue weighted by molar-refractivity contribution is 5.73. The molecule has 0 bridgehead atoms. The zero-order valence-corrected chi connectivity index (χ0v) is 9.08. The maximum Gasteiger partial charge on any atom is 0.314 e. The Bertz CT molecular complexity index is 333. The average Bonchev–Trinajstić information content (AvgIpc) is 2.58. The third kappa shape index (κ3) is 3.16. The van der Waals surface area contributed by atoms with Crippen LogP contribution >= 0.6 is 0 Å². The first-order chi connectivity index (χ1) is 7.17. The summed E-state index contributed by atoms with van der Waals surface area (Å²) in [6.45, 7) is 3.30. The van der Waals surface area contributed by atoms with Gasteiger partial charge in [-0.15, -0.1) is 0 Å². The quantitative estimate of drug-likeness (QED) is 0.653. The Morgan fingerprint density at radius 3 is 2.93 bits per heavy atom. The number of hydrogen-bond acceptors (Lipinski definition) is 3. The largest absolute Gasteiger partial charge is 0.384 e. The topological polar surface area (TPSA) is 85.0 Å². The third-order valence-electron chi connectivity index (χ3n) is 2.05. The number of carbonyl (C=O) groups is 1. The molecule has 1 heterocycles. The summed E-state index contributed by atoms with van der Waals surface area (Å²) < 4.78 is 1.73. The number of nitrogen functional groups attached to an aromatic ring is 1. The number of amides is 2. The van der Waals surface area contributed by atoms with E-state index >= 15 is 0 Å². The van der Waals surface area contributed by atoms with Crippen molar-refractivity contribution < 1.29 is 4.79 Å². The first kappa shape index (κ1) is 11.4. The van der Waals surface area contributed by atoms with Gasteiger partial charge in [-0.1, -0.05) is 0 Å². The van der Waals surface area contributed by atoms with Crippen LogP contribution in [0.2, 0.25) is 0 Å². The van der Waals surface area contributed by atoms with Crippen LogP contribution in [0.15, 0.2) is 6.07 Å². The lowest BCUT2D eigenvalue weighted by molar-refractivity contribution is 0.243. The van der Waals surface area contributed by atoms with Crippen LogP contribution in [0.3, 0.4) is 0 Å². The Hall–Kier alpha value is -1.72. The van der Waals surface area contributed by atoms with Crippen molar-refractivity contribution in [1.82, 2.24) is 20.4 Å². The van der Waals surface area contributed by atoms with E-state index in [1.807, 2.05) is 13.0 Å². The van der Waals surface area contributed by atoms with E-state index in [9.17, 15) is 4.79 Å². The molecule has 0 aromatic carbocycles. The summed E-state index contributed by atoms with van der Waals surface area (Å²) in [5, 5.41) is 9.44. The van der Waals surface area contributed by atoms with Gasteiger partial charge in [0.1, 0.15) is 5.82 Å². The van der Waals surface area contributed by atoms with E-state index in [0.29, 0.717) is 18.8 Å². The predicted octanol–water partition coefficient (Wildman–Crippen LogP) is -0.0433. The molecule has 0 saturated carbocycles. The summed E-state index contributed by atoms with van der Waals surface area (Å²) in [6.07, 6.45) is 0.685. The first-order valence-electron chi connectivity index (χ1n) is 4.95. The summed E-state index contributed by atoms with van der Waals surface area (Å²) in [5.74, 6) is 0.660. The minimum Gasteiger partial charge on any atom is -0.384 e. The van der Waals surface area contributed by atoms with Crippen molar-refractivity contribution in [2.24, 2.45) is 0 Å². The molecular formula is C9H17N5O. The molecule has 0 aliphatic rings. The van der Waals surface area contributed by atoms with Gasteiger partial charge in [-0.2, -0.15) is 5.10 Å². The van der Waals surface area contributed by atoms with E-state index in [1.54, 1.807) is 11.7 Å². The second-order valence-corrected chi connectivity index (χ2v) is 3.13. The number of aryl methyl sites for hydroxylation is 1. The van der Waals surface area contributed by atoms with Gasteiger partial charge in [-0.05, 0) is 6.92 Å². The van der Waals surface area contributed by atoms with E-state index in [0.717, 1.165) is 12.2 Å². The van der Waals surface area contributed by atoms with Gasteiger partial charge >= 0.3 is 6.03 Å². The molecule has 6 nitrogen and oxygen atoms in total. The Morgan fingerprint density at radius 2 is 2.40 bits per heavy atom. The average molecular weight is 211 g/mol. The Morgan fingerprint density at radius 1 is 1.67 bits per heavy atom. The lowest BCUT2D eigenvalue weighted by Gasteiger charge is -2.01. The highest BCUT2D eigenvalue weighted by Crippen LogP contribution is 2.06.